The normalized spacial score (nSPS) is 12.1. The molecule has 0 aromatic heterocycles. The maximum atomic E-state index is 12.7. The minimum Gasteiger partial charge on any atom is -0.490 e. The summed E-state index contributed by atoms with van der Waals surface area (Å²) in [7, 11) is -1.49. The average Bonchev–Trinajstić information content (AvgIpc) is 2.61. The second kappa shape index (κ2) is 12.3. The van der Waals surface area contributed by atoms with Gasteiger partial charge in [0.15, 0.2) is 17.5 Å². The van der Waals surface area contributed by atoms with Crippen LogP contribution in [0.1, 0.15) is 12.5 Å². The molecule has 0 saturated carbocycles. The van der Waals surface area contributed by atoms with Crippen LogP contribution in [0.3, 0.4) is 0 Å². The number of nitrogens with one attached hydrogen (secondary N) is 2. The van der Waals surface area contributed by atoms with Crippen LogP contribution in [0.2, 0.25) is 0 Å². The van der Waals surface area contributed by atoms with E-state index in [-0.39, 0.29) is 37.0 Å². The molecule has 0 fully saturated rings. The molecule has 0 amide bonds. The van der Waals surface area contributed by atoms with Crippen molar-refractivity contribution < 1.29 is 31.4 Å². The van der Waals surface area contributed by atoms with E-state index in [0.29, 0.717) is 24.7 Å². The van der Waals surface area contributed by atoms with Crippen LogP contribution in [0.15, 0.2) is 23.2 Å². The van der Waals surface area contributed by atoms with Crippen molar-refractivity contribution in [1.29, 1.82) is 0 Å². The summed E-state index contributed by atoms with van der Waals surface area (Å²) in [6, 6.07) is 4.90. The molecule has 0 aliphatic carbocycles. The van der Waals surface area contributed by atoms with Gasteiger partial charge in [-0.05, 0) is 13.0 Å². The second-order valence-electron chi connectivity index (χ2n) is 5.65. The van der Waals surface area contributed by atoms with Gasteiger partial charge in [0.25, 0.3) is 0 Å². The van der Waals surface area contributed by atoms with Gasteiger partial charge in [-0.2, -0.15) is 8.78 Å². The Morgan fingerprint density at radius 1 is 1.25 bits per heavy atom. The van der Waals surface area contributed by atoms with E-state index < -0.39 is 16.4 Å². The van der Waals surface area contributed by atoms with Gasteiger partial charge < -0.3 is 24.8 Å². The zero-order chi connectivity index (χ0) is 21.0. The number of hydrogen-bond donors (Lipinski definition) is 2. The van der Waals surface area contributed by atoms with Crippen LogP contribution in [-0.2, 0) is 21.1 Å². The molecule has 0 atom stereocenters. The third-order valence-corrected chi connectivity index (χ3v) is 4.28. The predicted molar refractivity (Wildman–Crippen MR) is 103 cm³/mol. The van der Waals surface area contributed by atoms with E-state index in [1.807, 2.05) is 0 Å². The van der Waals surface area contributed by atoms with Crippen LogP contribution >= 0.6 is 0 Å². The highest BCUT2D eigenvalue weighted by Crippen LogP contribution is 2.32. The fourth-order valence-corrected chi connectivity index (χ4v) is 2.57. The fourth-order valence-electron chi connectivity index (χ4n) is 2.15. The second-order valence-corrected chi connectivity index (χ2v) is 7.91. The summed E-state index contributed by atoms with van der Waals surface area (Å²) < 4.78 is 62.7. The minimum absolute atomic E-state index is 0.0218. The van der Waals surface area contributed by atoms with Gasteiger partial charge in [0.2, 0.25) is 0 Å². The first-order valence-corrected chi connectivity index (χ1v) is 10.7. The third-order valence-electron chi connectivity index (χ3n) is 3.37. The summed E-state index contributed by atoms with van der Waals surface area (Å²) in [5, 5.41) is 5.97. The van der Waals surface area contributed by atoms with Crippen molar-refractivity contribution in [2.75, 3.05) is 45.4 Å². The smallest absolute Gasteiger partial charge is 0.387 e. The third kappa shape index (κ3) is 9.70. The van der Waals surface area contributed by atoms with Crippen LogP contribution in [0.25, 0.3) is 0 Å². The first-order chi connectivity index (χ1) is 13.3. The summed E-state index contributed by atoms with van der Waals surface area (Å²) in [5.74, 6) is 0.607. The summed E-state index contributed by atoms with van der Waals surface area (Å²) in [6.07, 6.45) is 1.15. The standard InChI is InChI=1S/C17H27F2N3O5S/c1-4-26-14-7-5-6-13(15(14)27-16(18)19)12-22-17(20-2)21-8-9-25-10-11-28(3,23)24/h5-7,16H,4,8-12H2,1-3H3,(H2,20,21,22). The van der Waals surface area contributed by atoms with Crippen molar-refractivity contribution in [2.45, 2.75) is 20.1 Å². The Labute approximate surface area is 164 Å². The number of halogens is 2. The van der Waals surface area contributed by atoms with Gasteiger partial charge >= 0.3 is 6.61 Å². The first-order valence-electron chi connectivity index (χ1n) is 8.66. The number of alkyl halides is 2. The average molecular weight is 423 g/mol. The van der Waals surface area contributed by atoms with Crippen molar-refractivity contribution in [3.8, 4) is 11.5 Å². The van der Waals surface area contributed by atoms with E-state index in [1.165, 1.54) is 0 Å². The molecule has 0 saturated heterocycles. The van der Waals surface area contributed by atoms with E-state index in [1.54, 1.807) is 32.2 Å². The Kier molecular flexibility index (Phi) is 10.5. The van der Waals surface area contributed by atoms with Gasteiger partial charge in [0.1, 0.15) is 9.84 Å². The van der Waals surface area contributed by atoms with Crippen LogP contribution in [0.5, 0.6) is 11.5 Å². The Balaban J connectivity index is 2.55. The summed E-state index contributed by atoms with van der Waals surface area (Å²) in [6.45, 7) is 0.0723. The van der Waals surface area contributed by atoms with Gasteiger partial charge in [-0.25, -0.2) is 8.42 Å². The number of aliphatic imine (C=N–C) groups is 1. The molecule has 0 heterocycles. The van der Waals surface area contributed by atoms with Crippen molar-refractivity contribution >= 4 is 15.8 Å². The Hall–Kier alpha value is -2.14. The Bertz CT molecular complexity index is 730. The summed E-state index contributed by atoms with van der Waals surface area (Å²) in [5.41, 5.74) is 0.485. The van der Waals surface area contributed by atoms with Gasteiger partial charge in [-0.1, -0.05) is 12.1 Å². The van der Waals surface area contributed by atoms with Crippen molar-refractivity contribution in [3.05, 3.63) is 23.8 Å². The highest BCUT2D eigenvalue weighted by molar-refractivity contribution is 7.90. The largest absolute Gasteiger partial charge is 0.490 e. The lowest BCUT2D eigenvalue weighted by molar-refractivity contribution is -0.0520. The maximum Gasteiger partial charge on any atom is 0.387 e. The maximum absolute atomic E-state index is 12.7. The van der Waals surface area contributed by atoms with Gasteiger partial charge in [-0.3, -0.25) is 4.99 Å². The Morgan fingerprint density at radius 3 is 2.61 bits per heavy atom. The molecule has 0 spiro atoms. The van der Waals surface area contributed by atoms with Crippen LogP contribution in [0, 0.1) is 0 Å². The van der Waals surface area contributed by atoms with Crippen LogP contribution in [0.4, 0.5) is 8.78 Å². The van der Waals surface area contributed by atoms with E-state index in [2.05, 4.69) is 20.4 Å². The highest BCUT2D eigenvalue weighted by Gasteiger charge is 2.16. The first kappa shape index (κ1) is 23.9. The van der Waals surface area contributed by atoms with E-state index >= 15 is 0 Å². The number of sulfone groups is 1. The number of hydrogen-bond acceptors (Lipinski definition) is 6. The molecule has 0 aliphatic heterocycles. The minimum atomic E-state index is -3.05. The fraction of sp³-hybridized carbons (Fsp3) is 0.588. The molecule has 2 N–H and O–H groups in total. The molecule has 1 aromatic carbocycles. The molecule has 8 nitrogen and oxygen atoms in total. The predicted octanol–water partition coefficient (Wildman–Crippen LogP) is 1.41. The van der Waals surface area contributed by atoms with Gasteiger partial charge in [0, 0.05) is 32.0 Å². The highest BCUT2D eigenvalue weighted by atomic mass is 32.2. The van der Waals surface area contributed by atoms with Gasteiger partial charge in [0.05, 0.1) is 25.6 Å². The molecule has 0 bridgehead atoms. The lowest BCUT2D eigenvalue weighted by Gasteiger charge is -2.17. The van der Waals surface area contributed by atoms with Crippen molar-refractivity contribution in [3.63, 3.8) is 0 Å². The quantitative estimate of drug-likeness (QED) is 0.298. The molecule has 1 aromatic rings. The molecule has 160 valence electrons. The molecule has 1 rings (SSSR count). The molecule has 11 heteroatoms. The SMILES string of the molecule is CCOc1cccc(CNC(=NC)NCCOCCS(C)(=O)=O)c1OC(F)F. The lowest BCUT2D eigenvalue weighted by atomic mass is 10.2. The number of nitrogens with zero attached hydrogens (tertiary/aromatic N) is 1. The number of para-hydroxylation sites is 1. The lowest BCUT2D eigenvalue weighted by Crippen LogP contribution is -2.38. The Morgan fingerprint density at radius 2 is 2.00 bits per heavy atom. The van der Waals surface area contributed by atoms with Gasteiger partial charge in [-0.15, -0.1) is 0 Å². The zero-order valence-corrected chi connectivity index (χ0v) is 17.0. The summed E-state index contributed by atoms with van der Waals surface area (Å²) >= 11 is 0. The van der Waals surface area contributed by atoms with Crippen molar-refractivity contribution in [1.82, 2.24) is 10.6 Å². The zero-order valence-electron chi connectivity index (χ0n) is 16.2. The monoisotopic (exact) mass is 423 g/mol. The van der Waals surface area contributed by atoms with E-state index in [4.69, 9.17) is 9.47 Å². The van der Waals surface area contributed by atoms with Crippen LogP contribution < -0.4 is 20.1 Å². The van der Waals surface area contributed by atoms with E-state index in [0.717, 1.165) is 6.26 Å². The summed E-state index contributed by atoms with van der Waals surface area (Å²) in [4.78, 5) is 4.03. The molecule has 0 unspecified atom stereocenters. The molecule has 28 heavy (non-hydrogen) atoms. The van der Waals surface area contributed by atoms with E-state index in [9.17, 15) is 17.2 Å². The topological polar surface area (TPSA) is 98.2 Å². The number of guanidine groups is 1. The number of rotatable bonds is 12. The number of ether oxygens (including phenoxy) is 3. The molecular formula is C17H27F2N3O5S. The van der Waals surface area contributed by atoms with Crippen molar-refractivity contribution in [2.24, 2.45) is 4.99 Å². The molecule has 0 radical (unpaired) electrons. The molecule has 0 aliphatic rings. The number of benzene rings is 1. The molecular weight excluding hydrogens is 396 g/mol. The van der Waals surface area contributed by atoms with Crippen LogP contribution in [-0.4, -0.2) is 66.4 Å².